The Balaban J connectivity index is 5.24. The molecule has 34 heavy (non-hydrogen) atoms. The van der Waals surface area contributed by atoms with Crippen LogP contribution in [-0.4, -0.2) is 83.0 Å². The van der Waals surface area contributed by atoms with Crippen LogP contribution in [0.3, 0.4) is 0 Å². The molecule has 13 N–H and O–H groups in total. The lowest BCUT2D eigenvalue weighted by Gasteiger charge is -2.24. The predicted molar refractivity (Wildman–Crippen MR) is 118 cm³/mol. The van der Waals surface area contributed by atoms with E-state index in [9.17, 15) is 39.0 Å². The molecule has 0 rings (SSSR count). The van der Waals surface area contributed by atoms with Crippen LogP contribution < -0.4 is 38.9 Å². The zero-order valence-electron chi connectivity index (χ0n) is 18.8. The molecule has 0 saturated carbocycles. The first-order valence-electron chi connectivity index (χ1n) is 10.7. The van der Waals surface area contributed by atoms with Crippen LogP contribution >= 0.6 is 0 Å². The van der Waals surface area contributed by atoms with Crippen LogP contribution in [0.1, 0.15) is 44.9 Å². The maximum absolute atomic E-state index is 12.7. The van der Waals surface area contributed by atoms with Gasteiger partial charge in [0, 0.05) is 12.8 Å². The number of carboxylic acids is 1. The Kier molecular flexibility index (Phi) is 14.7. The van der Waals surface area contributed by atoms with Crippen molar-refractivity contribution in [3.63, 3.8) is 0 Å². The number of hydrogen-bond acceptors (Lipinski definition) is 9. The van der Waals surface area contributed by atoms with Crippen LogP contribution in [0.4, 0.5) is 0 Å². The van der Waals surface area contributed by atoms with Gasteiger partial charge in [0.2, 0.25) is 29.5 Å². The van der Waals surface area contributed by atoms with Crippen molar-refractivity contribution in [1.82, 2.24) is 16.0 Å². The second-order valence-corrected chi connectivity index (χ2v) is 7.61. The summed E-state index contributed by atoms with van der Waals surface area (Å²) in [6, 6.07) is -5.28. The molecule has 0 radical (unpaired) electrons. The number of carboxylic acid groups (broad SMARTS) is 1. The van der Waals surface area contributed by atoms with Gasteiger partial charge in [0.1, 0.15) is 18.1 Å². The number of hydrogen-bond donors (Lipinski definition) is 9. The molecule has 4 unspecified atom stereocenters. The minimum atomic E-state index is -1.54. The minimum Gasteiger partial charge on any atom is -0.480 e. The Labute approximate surface area is 196 Å². The van der Waals surface area contributed by atoms with Crippen LogP contribution in [-0.2, 0) is 28.8 Å². The summed E-state index contributed by atoms with van der Waals surface area (Å²) in [5.41, 5.74) is 21.2. The molecular weight excluding hydrogens is 454 g/mol. The normalized spacial score (nSPS) is 14.2. The third kappa shape index (κ3) is 12.7. The fourth-order valence-electron chi connectivity index (χ4n) is 2.75. The van der Waals surface area contributed by atoms with E-state index in [-0.39, 0.29) is 32.1 Å². The van der Waals surface area contributed by atoms with Crippen molar-refractivity contribution in [2.24, 2.45) is 22.9 Å². The van der Waals surface area contributed by atoms with Gasteiger partial charge >= 0.3 is 5.97 Å². The van der Waals surface area contributed by atoms with Gasteiger partial charge in [-0.2, -0.15) is 0 Å². The Morgan fingerprint density at radius 3 is 1.71 bits per heavy atom. The molecule has 4 atom stereocenters. The maximum atomic E-state index is 12.7. The first-order chi connectivity index (χ1) is 15.9. The summed E-state index contributed by atoms with van der Waals surface area (Å²) < 4.78 is 0. The molecule has 0 aliphatic rings. The summed E-state index contributed by atoms with van der Waals surface area (Å²) in [5, 5.41) is 25.5. The number of unbranched alkanes of at least 4 members (excludes halogenated alkanes) is 1. The molecular formula is C19H35N7O8. The lowest BCUT2D eigenvalue weighted by molar-refractivity contribution is -0.143. The topological polar surface area (TPSA) is 283 Å². The molecule has 0 saturated heterocycles. The van der Waals surface area contributed by atoms with Crippen molar-refractivity contribution in [2.45, 2.75) is 69.1 Å². The Morgan fingerprint density at radius 1 is 0.706 bits per heavy atom. The molecule has 0 aromatic carbocycles. The summed E-state index contributed by atoms with van der Waals surface area (Å²) in [4.78, 5) is 70.5. The fourth-order valence-corrected chi connectivity index (χ4v) is 2.75. The van der Waals surface area contributed by atoms with E-state index in [1.807, 2.05) is 0 Å². The maximum Gasteiger partial charge on any atom is 0.326 e. The Hall–Kier alpha value is -3.30. The van der Waals surface area contributed by atoms with Crippen molar-refractivity contribution < 1.29 is 39.0 Å². The van der Waals surface area contributed by atoms with E-state index in [0.717, 1.165) is 0 Å². The van der Waals surface area contributed by atoms with Crippen LogP contribution in [0.25, 0.3) is 0 Å². The standard InChI is InChI=1S/C19H35N7O8/c20-8-2-1-3-11(24-16(30)10(21)4-6-14(22)28)17(31)26-13(9-27)18(32)25-12(19(33)34)5-7-15(23)29/h10-13,27H,1-9,20-21H2,(H2,22,28)(H2,23,29)(H,24,30)(H,25,32)(H,26,31)(H,33,34). The van der Waals surface area contributed by atoms with E-state index in [4.69, 9.17) is 22.9 Å². The largest absolute Gasteiger partial charge is 0.480 e. The zero-order chi connectivity index (χ0) is 26.3. The highest BCUT2D eigenvalue weighted by molar-refractivity contribution is 5.94. The number of nitrogens with one attached hydrogen (secondary N) is 3. The highest BCUT2D eigenvalue weighted by Crippen LogP contribution is 2.04. The summed E-state index contributed by atoms with van der Waals surface area (Å²) in [7, 11) is 0. The molecule has 0 aromatic rings. The van der Waals surface area contributed by atoms with Gasteiger partial charge in [-0.3, -0.25) is 24.0 Å². The molecule has 0 heterocycles. The van der Waals surface area contributed by atoms with Gasteiger partial charge in [0.15, 0.2) is 0 Å². The number of amides is 5. The Morgan fingerprint density at radius 2 is 1.21 bits per heavy atom. The van der Waals surface area contributed by atoms with Crippen molar-refractivity contribution in [3.05, 3.63) is 0 Å². The number of aliphatic hydroxyl groups excluding tert-OH is 1. The average Bonchev–Trinajstić information content (AvgIpc) is 2.76. The number of carbonyl (C=O) groups is 6. The molecule has 0 fully saturated rings. The molecule has 0 bridgehead atoms. The summed E-state index contributed by atoms with van der Waals surface area (Å²) >= 11 is 0. The van der Waals surface area contributed by atoms with E-state index in [1.54, 1.807) is 0 Å². The van der Waals surface area contributed by atoms with E-state index in [2.05, 4.69) is 16.0 Å². The minimum absolute atomic E-state index is 0.0398. The molecule has 0 aliphatic carbocycles. The summed E-state index contributed by atoms with van der Waals surface area (Å²) in [6.07, 6.45) is 0.344. The lowest BCUT2D eigenvalue weighted by atomic mass is 10.1. The smallest absolute Gasteiger partial charge is 0.326 e. The molecule has 0 aromatic heterocycles. The van der Waals surface area contributed by atoms with Crippen molar-refractivity contribution >= 4 is 35.5 Å². The van der Waals surface area contributed by atoms with Crippen molar-refractivity contribution in [3.8, 4) is 0 Å². The average molecular weight is 490 g/mol. The third-order valence-electron chi connectivity index (χ3n) is 4.73. The van der Waals surface area contributed by atoms with Gasteiger partial charge < -0.3 is 49.1 Å². The molecule has 5 amide bonds. The molecule has 15 nitrogen and oxygen atoms in total. The van der Waals surface area contributed by atoms with Crippen molar-refractivity contribution in [2.75, 3.05) is 13.2 Å². The number of aliphatic hydroxyl groups is 1. The van der Waals surface area contributed by atoms with Gasteiger partial charge in [-0.05, 0) is 38.6 Å². The van der Waals surface area contributed by atoms with Crippen LogP contribution in [0.15, 0.2) is 0 Å². The van der Waals surface area contributed by atoms with Crippen molar-refractivity contribution in [1.29, 1.82) is 0 Å². The molecule has 15 heteroatoms. The second kappa shape index (κ2) is 16.3. The summed E-state index contributed by atoms with van der Waals surface area (Å²) in [6.45, 7) is -0.536. The first kappa shape index (κ1) is 30.7. The number of primary amides is 2. The van der Waals surface area contributed by atoms with Gasteiger partial charge in [-0.25, -0.2) is 4.79 Å². The lowest BCUT2D eigenvalue weighted by Crippen LogP contribution is -2.58. The van der Waals surface area contributed by atoms with Gasteiger partial charge in [-0.15, -0.1) is 0 Å². The summed E-state index contributed by atoms with van der Waals surface area (Å²) in [5.74, 6) is -5.42. The number of carbonyl (C=O) groups excluding carboxylic acids is 5. The van der Waals surface area contributed by atoms with Gasteiger partial charge in [0.05, 0.1) is 12.6 Å². The first-order valence-corrected chi connectivity index (χ1v) is 10.7. The Bertz CT molecular complexity index is 733. The van der Waals surface area contributed by atoms with Gasteiger partial charge in [-0.1, -0.05) is 0 Å². The number of nitrogens with two attached hydrogens (primary N) is 4. The van der Waals surface area contributed by atoms with E-state index >= 15 is 0 Å². The quantitative estimate of drug-likeness (QED) is 0.0831. The van der Waals surface area contributed by atoms with Crippen LogP contribution in [0.2, 0.25) is 0 Å². The monoisotopic (exact) mass is 489 g/mol. The third-order valence-corrected chi connectivity index (χ3v) is 4.73. The SMILES string of the molecule is NCCCCC(NC(=O)C(N)CCC(N)=O)C(=O)NC(CO)C(=O)NC(CCC(N)=O)C(=O)O. The molecule has 0 aliphatic heterocycles. The van der Waals surface area contributed by atoms with E-state index in [1.165, 1.54) is 0 Å². The zero-order valence-corrected chi connectivity index (χ0v) is 18.8. The number of aliphatic carboxylic acids is 1. The van der Waals surface area contributed by atoms with Crippen LogP contribution in [0, 0.1) is 0 Å². The van der Waals surface area contributed by atoms with E-state index in [0.29, 0.717) is 19.4 Å². The predicted octanol–water partition coefficient (Wildman–Crippen LogP) is -4.50. The number of rotatable bonds is 18. The second-order valence-electron chi connectivity index (χ2n) is 7.61. The molecule has 0 spiro atoms. The van der Waals surface area contributed by atoms with Crippen LogP contribution in [0.5, 0.6) is 0 Å². The highest BCUT2D eigenvalue weighted by atomic mass is 16.4. The van der Waals surface area contributed by atoms with E-state index < -0.39 is 66.3 Å². The van der Waals surface area contributed by atoms with Gasteiger partial charge in [0.25, 0.3) is 0 Å². The fraction of sp³-hybridized carbons (Fsp3) is 0.684. The highest BCUT2D eigenvalue weighted by Gasteiger charge is 2.30. The molecule has 194 valence electrons.